The number of fused-ring (bicyclic) bond motifs is 1. The summed E-state index contributed by atoms with van der Waals surface area (Å²) in [7, 11) is 0. The Hall–Kier alpha value is -2.29. The highest BCUT2D eigenvalue weighted by molar-refractivity contribution is 5.89. The molecule has 1 aliphatic carbocycles. The molecule has 0 bridgehead atoms. The maximum atomic E-state index is 15.1. The maximum absolute atomic E-state index is 15.1. The molecule has 0 radical (unpaired) electrons. The van der Waals surface area contributed by atoms with E-state index in [9.17, 15) is 8.78 Å². The molecule has 3 aromatic carbocycles. The van der Waals surface area contributed by atoms with Gasteiger partial charge in [0.15, 0.2) is 0 Å². The van der Waals surface area contributed by atoms with Crippen molar-refractivity contribution in [3.05, 3.63) is 71.5 Å². The summed E-state index contributed by atoms with van der Waals surface area (Å²) in [6.45, 7) is 2.25. The summed E-state index contributed by atoms with van der Waals surface area (Å²) in [6, 6.07) is 12.5. The van der Waals surface area contributed by atoms with Crippen LogP contribution in [0.3, 0.4) is 0 Å². The summed E-state index contributed by atoms with van der Waals surface area (Å²) in [5.74, 6) is -0.446. The molecule has 146 valence electrons. The molecule has 0 heterocycles. The van der Waals surface area contributed by atoms with Gasteiger partial charge in [0.25, 0.3) is 0 Å². The summed E-state index contributed by atoms with van der Waals surface area (Å²) >= 11 is 0. The Balaban J connectivity index is 1.63. The SMILES string of the molecule is CCCC1CCC(c2ccc3c(F)c(-c4cc(F)cc(F)c4)ccc3c2)CC1. The molecule has 0 unspecified atom stereocenters. The second kappa shape index (κ2) is 7.98. The summed E-state index contributed by atoms with van der Waals surface area (Å²) in [4.78, 5) is 0. The van der Waals surface area contributed by atoms with Crippen molar-refractivity contribution in [2.75, 3.05) is 0 Å². The first-order valence-corrected chi connectivity index (χ1v) is 10.2. The lowest BCUT2D eigenvalue weighted by atomic mass is 9.77. The molecular formula is C25H25F3. The van der Waals surface area contributed by atoms with E-state index >= 15 is 4.39 Å². The molecule has 0 nitrogen and oxygen atoms in total. The van der Waals surface area contributed by atoms with Crippen LogP contribution in [-0.2, 0) is 0 Å². The monoisotopic (exact) mass is 382 g/mol. The molecule has 0 N–H and O–H groups in total. The summed E-state index contributed by atoms with van der Waals surface area (Å²) < 4.78 is 42.1. The number of hydrogen-bond donors (Lipinski definition) is 0. The van der Waals surface area contributed by atoms with Crippen molar-refractivity contribution < 1.29 is 13.2 Å². The lowest BCUT2D eigenvalue weighted by molar-refractivity contribution is 0.308. The normalized spacial score (nSPS) is 19.9. The summed E-state index contributed by atoms with van der Waals surface area (Å²) in [6.07, 6.45) is 7.50. The number of hydrogen-bond acceptors (Lipinski definition) is 0. The van der Waals surface area contributed by atoms with Gasteiger partial charge in [-0.15, -0.1) is 0 Å². The fraction of sp³-hybridized carbons (Fsp3) is 0.360. The Morgan fingerprint density at radius 1 is 0.821 bits per heavy atom. The van der Waals surface area contributed by atoms with Crippen molar-refractivity contribution in [1.29, 1.82) is 0 Å². The van der Waals surface area contributed by atoms with E-state index in [4.69, 9.17) is 0 Å². The molecule has 3 aromatic rings. The lowest BCUT2D eigenvalue weighted by Crippen LogP contribution is -2.13. The Labute approximate surface area is 164 Å². The van der Waals surface area contributed by atoms with Gasteiger partial charge >= 0.3 is 0 Å². The molecule has 1 saturated carbocycles. The van der Waals surface area contributed by atoms with Crippen LogP contribution in [0.1, 0.15) is 56.9 Å². The molecule has 0 spiro atoms. The van der Waals surface area contributed by atoms with Gasteiger partial charge < -0.3 is 0 Å². The van der Waals surface area contributed by atoms with Crippen molar-refractivity contribution in [3.8, 4) is 11.1 Å². The molecule has 28 heavy (non-hydrogen) atoms. The standard InChI is InChI=1S/C25H25F3/c1-2-3-16-4-6-17(7-5-16)18-8-10-23-19(12-18)9-11-24(25(23)28)20-13-21(26)15-22(27)14-20/h8-17H,2-7H2,1H3. The quantitative estimate of drug-likeness (QED) is 0.429. The lowest BCUT2D eigenvalue weighted by Gasteiger charge is -2.28. The molecule has 3 heteroatoms. The third-order valence-electron chi connectivity index (χ3n) is 6.17. The molecule has 0 aliphatic heterocycles. The van der Waals surface area contributed by atoms with Crippen LogP contribution in [0.5, 0.6) is 0 Å². The van der Waals surface area contributed by atoms with Crippen molar-refractivity contribution in [1.82, 2.24) is 0 Å². The number of rotatable bonds is 4. The van der Waals surface area contributed by atoms with Crippen LogP contribution < -0.4 is 0 Å². The fourth-order valence-corrected chi connectivity index (χ4v) is 4.69. The minimum Gasteiger partial charge on any atom is -0.207 e. The average molecular weight is 382 g/mol. The van der Waals surface area contributed by atoms with Gasteiger partial charge in [0.1, 0.15) is 17.5 Å². The minimum atomic E-state index is -0.705. The zero-order chi connectivity index (χ0) is 19.7. The van der Waals surface area contributed by atoms with E-state index in [0.29, 0.717) is 11.3 Å². The molecule has 1 aliphatic rings. The third-order valence-corrected chi connectivity index (χ3v) is 6.17. The summed E-state index contributed by atoms with van der Waals surface area (Å²) in [5, 5.41) is 1.33. The van der Waals surface area contributed by atoms with Crippen molar-refractivity contribution in [3.63, 3.8) is 0 Å². The third kappa shape index (κ3) is 3.80. The molecule has 0 saturated heterocycles. The van der Waals surface area contributed by atoms with Crippen molar-refractivity contribution in [2.45, 2.75) is 51.4 Å². The van der Waals surface area contributed by atoms with Gasteiger partial charge in [-0.2, -0.15) is 0 Å². The predicted octanol–water partition coefficient (Wildman–Crippen LogP) is 8.00. The van der Waals surface area contributed by atoms with E-state index in [-0.39, 0.29) is 11.1 Å². The highest BCUT2D eigenvalue weighted by atomic mass is 19.1. The number of halogens is 3. The molecule has 0 amide bonds. The van der Waals surface area contributed by atoms with Gasteiger partial charge in [-0.1, -0.05) is 50.1 Å². The van der Waals surface area contributed by atoms with Crippen molar-refractivity contribution >= 4 is 10.8 Å². The predicted molar refractivity (Wildman–Crippen MR) is 109 cm³/mol. The Morgan fingerprint density at radius 3 is 2.21 bits per heavy atom. The first-order valence-electron chi connectivity index (χ1n) is 10.2. The smallest absolute Gasteiger partial charge is 0.138 e. The van der Waals surface area contributed by atoms with E-state index in [1.165, 1.54) is 44.1 Å². The largest absolute Gasteiger partial charge is 0.207 e. The van der Waals surface area contributed by atoms with Crippen LogP contribution >= 0.6 is 0 Å². The van der Waals surface area contributed by atoms with E-state index < -0.39 is 17.5 Å². The van der Waals surface area contributed by atoms with E-state index in [1.54, 1.807) is 6.07 Å². The van der Waals surface area contributed by atoms with Crippen LogP contribution in [0.4, 0.5) is 13.2 Å². The first-order chi connectivity index (χ1) is 13.5. The van der Waals surface area contributed by atoms with E-state index in [2.05, 4.69) is 13.0 Å². The topological polar surface area (TPSA) is 0 Å². The Morgan fingerprint density at radius 2 is 1.54 bits per heavy atom. The van der Waals surface area contributed by atoms with Gasteiger partial charge in [-0.05, 0) is 66.2 Å². The average Bonchev–Trinajstić information content (AvgIpc) is 2.68. The van der Waals surface area contributed by atoms with Gasteiger partial charge in [0.05, 0.1) is 0 Å². The Bertz CT molecular complexity index is 964. The molecule has 1 fully saturated rings. The van der Waals surface area contributed by atoms with Crippen LogP contribution in [0.15, 0.2) is 48.5 Å². The van der Waals surface area contributed by atoms with Gasteiger partial charge in [0, 0.05) is 17.0 Å². The van der Waals surface area contributed by atoms with E-state index in [0.717, 1.165) is 29.5 Å². The zero-order valence-electron chi connectivity index (χ0n) is 16.2. The van der Waals surface area contributed by atoms with Crippen LogP contribution in [-0.4, -0.2) is 0 Å². The molecule has 0 aromatic heterocycles. The molecular weight excluding hydrogens is 357 g/mol. The summed E-state index contributed by atoms with van der Waals surface area (Å²) in [5.41, 5.74) is 1.71. The van der Waals surface area contributed by atoms with E-state index in [1.807, 2.05) is 18.2 Å². The minimum absolute atomic E-state index is 0.218. The Kier molecular flexibility index (Phi) is 5.43. The molecule has 0 atom stereocenters. The van der Waals surface area contributed by atoms with Crippen molar-refractivity contribution in [2.24, 2.45) is 5.92 Å². The van der Waals surface area contributed by atoms with Crippen LogP contribution in [0.2, 0.25) is 0 Å². The second-order valence-electron chi connectivity index (χ2n) is 8.07. The van der Waals surface area contributed by atoms with Crippen LogP contribution in [0, 0.1) is 23.4 Å². The highest BCUT2D eigenvalue weighted by Gasteiger charge is 2.22. The first kappa shape index (κ1) is 19.0. The highest BCUT2D eigenvalue weighted by Crippen LogP contribution is 2.39. The zero-order valence-corrected chi connectivity index (χ0v) is 16.2. The fourth-order valence-electron chi connectivity index (χ4n) is 4.69. The van der Waals surface area contributed by atoms with Gasteiger partial charge in [0.2, 0.25) is 0 Å². The maximum Gasteiger partial charge on any atom is 0.138 e. The number of benzene rings is 3. The van der Waals surface area contributed by atoms with Gasteiger partial charge in [-0.25, -0.2) is 13.2 Å². The van der Waals surface area contributed by atoms with Crippen LogP contribution in [0.25, 0.3) is 21.9 Å². The molecule has 4 rings (SSSR count). The second-order valence-corrected chi connectivity index (χ2v) is 8.07. The van der Waals surface area contributed by atoms with Gasteiger partial charge in [-0.3, -0.25) is 0 Å².